The fraction of sp³-hybridized carbons (Fsp3) is 0.188. The van der Waals surface area contributed by atoms with Gasteiger partial charge < -0.3 is 5.32 Å². The molecule has 0 saturated carbocycles. The molecule has 21 heavy (non-hydrogen) atoms. The number of carbonyl (C=O) groups excluding carboxylic acids is 2. The molecule has 0 bridgehead atoms. The lowest BCUT2D eigenvalue weighted by molar-refractivity contribution is -0.116. The van der Waals surface area contributed by atoms with Gasteiger partial charge in [0, 0.05) is 41.0 Å². The van der Waals surface area contributed by atoms with E-state index in [1.54, 1.807) is 42.6 Å². The third-order valence-electron chi connectivity index (χ3n) is 2.93. The van der Waals surface area contributed by atoms with Crippen LogP contribution < -0.4 is 5.32 Å². The first-order chi connectivity index (χ1) is 10.0. The number of rotatable bonds is 5. The zero-order chi connectivity index (χ0) is 15.2. The quantitative estimate of drug-likeness (QED) is 0.858. The highest BCUT2D eigenvalue weighted by Crippen LogP contribution is 2.13. The van der Waals surface area contributed by atoms with Gasteiger partial charge in [0.1, 0.15) is 0 Å². The van der Waals surface area contributed by atoms with Crippen molar-refractivity contribution in [2.45, 2.75) is 19.8 Å². The van der Waals surface area contributed by atoms with Gasteiger partial charge in [-0.3, -0.25) is 14.6 Å². The molecule has 1 aromatic carbocycles. The molecule has 0 atom stereocenters. The zero-order valence-corrected chi connectivity index (χ0v) is 12.4. The van der Waals surface area contributed by atoms with Crippen LogP contribution in [0.4, 0.5) is 5.69 Å². The summed E-state index contributed by atoms with van der Waals surface area (Å²) in [7, 11) is 0. The summed E-state index contributed by atoms with van der Waals surface area (Å²) in [6, 6.07) is 10.1. The first-order valence-corrected chi connectivity index (χ1v) is 6.93. The number of halogens is 1. The largest absolute Gasteiger partial charge is 0.326 e. The highest BCUT2D eigenvalue weighted by molar-refractivity contribution is 6.30. The van der Waals surface area contributed by atoms with Crippen LogP contribution in [0.1, 0.15) is 28.9 Å². The molecule has 0 saturated heterocycles. The standard InChI is InChI=1S/C16H15ClN2O2/c1-11-10-14(8-9-18-11)19-16(21)7-6-15(20)12-2-4-13(17)5-3-12/h2-5,8-10H,6-7H2,1H3,(H,18,19,21). The predicted molar refractivity (Wildman–Crippen MR) is 82.6 cm³/mol. The first kappa shape index (κ1) is 15.2. The van der Waals surface area contributed by atoms with Crippen LogP contribution in [0.3, 0.4) is 0 Å². The third kappa shape index (κ3) is 4.68. The van der Waals surface area contributed by atoms with Gasteiger partial charge in [-0.05, 0) is 43.3 Å². The minimum Gasteiger partial charge on any atom is -0.326 e. The number of amides is 1. The van der Waals surface area contributed by atoms with E-state index in [0.717, 1.165) is 5.69 Å². The summed E-state index contributed by atoms with van der Waals surface area (Å²) in [6.07, 6.45) is 1.93. The van der Waals surface area contributed by atoms with E-state index in [1.807, 2.05) is 6.92 Å². The smallest absolute Gasteiger partial charge is 0.224 e. The molecule has 1 N–H and O–H groups in total. The number of nitrogens with one attached hydrogen (secondary N) is 1. The Labute approximate surface area is 128 Å². The van der Waals surface area contributed by atoms with Gasteiger partial charge in [-0.1, -0.05) is 11.6 Å². The minimum absolute atomic E-state index is 0.0762. The molecule has 1 aromatic heterocycles. The summed E-state index contributed by atoms with van der Waals surface area (Å²) in [5.41, 5.74) is 2.07. The fourth-order valence-electron chi connectivity index (χ4n) is 1.85. The Morgan fingerprint density at radius 3 is 2.52 bits per heavy atom. The second-order valence-corrected chi connectivity index (χ2v) is 5.10. The summed E-state index contributed by atoms with van der Waals surface area (Å²) in [5.74, 6) is -0.268. The topological polar surface area (TPSA) is 59.1 Å². The van der Waals surface area contributed by atoms with E-state index < -0.39 is 0 Å². The molecule has 0 spiro atoms. The van der Waals surface area contributed by atoms with Gasteiger partial charge in [-0.2, -0.15) is 0 Å². The van der Waals surface area contributed by atoms with Crippen molar-refractivity contribution in [3.63, 3.8) is 0 Å². The molecule has 1 heterocycles. The van der Waals surface area contributed by atoms with Gasteiger partial charge in [0.15, 0.2) is 5.78 Å². The molecule has 4 nitrogen and oxygen atoms in total. The molecule has 2 rings (SSSR count). The lowest BCUT2D eigenvalue weighted by Gasteiger charge is -2.05. The number of aromatic nitrogens is 1. The maximum atomic E-state index is 11.9. The van der Waals surface area contributed by atoms with Crippen molar-refractivity contribution in [2.24, 2.45) is 0 Å². The molecule has 5 heteroatoms. The third-order valence-corrected chi connectivity index (χ3v) is 3.18. The van der Waals surface area contributed by atoms with Crippen LogP contribution in [0, 0.1) is 6.92 Å². The average molecular weight is 303 g/mol. The van der Waals surface area contributed by atoms with E-state index in [2.05, 4.69) is 10.3 Å². The van der Waals surface area contributed by atoms with Gasteiger partial charge in [0.25, 0.3) is 0 Å². The normalized spacial score (nSPS) is 10.2. The van der Waals surface area contributed by atoms with Crippen LogP contribution in [0.5, 0.6) is 0 Å². The molecule has 2 aromatic rings. The molecule has 0 aliphatic heterocycles. The number of ketones is 1. The number of anilines is 1. The van der Waals surface area contributed by atoms with Gasteiger partial charge in [-0.15, -0.1) is 0 Å². The molecule has 0 unspecified atom stereocenters. The van der Waals surface area contributed by atoms with Crippen LogP contribution in [0.2, 0.25) is 5.02 Å². The van der Waals surface area contributed by atoms with Crippen molar-refractivity contribution in [3.8, 4) is 0 Å². The van der Waals surface area contributed by atoms with Crippen molar-refractivity contribution in [1.29, 1.82) is 0 Å². The van der Waals surface area contributed by atoms with E-state index >= 15 is 0 Å². The van der Waals surface area contributed by atoms with Crippen molar-refractivity contribution in [2.75, 3.05) is 5.32 Å². The summed E-state index contributed by atoms with van der Waals surface area (Å²) in [4.78, 5) is 27.8. The average Bonchev–Trinajstić information content (AvgIpc) is 2.45. The van der Waals surface area contributed by atoms with Crippen LogP contribution >= 0.6 is 11.6 Å². The SMILES string of the molecule is Cc1cc(NC(=O)CCC(=O)c2ccc(Cl)cc2)ccn1. The number of nitrogens with zero attached hydrogens (tertiary/aromatic N) is 1. The summed E-state index contributed by atoms with van der Waals surface area (Å²) in [6.45, 7) is 1.85. The number of benzene rings is 1. The number of carbonyl (C=O) groups is 2. The number of aryl methyl sites for hydroxylation is 1. The monoisotopic (exact) mass is 302 g/mol. The highest BCUT2D eigenvalue weighted by Gasteiger charge is 2.09. The Kier molecular flexibility index (Phi) is 5.06. The van der Waals surface area contributed by atoms with Crippen molar-refractivity contribution in [1.82, 2.24) is 4.98 Å². The highest BCUT2D eigenvalue weighted by atomic mass is 35.5. The fourth-order valence-corrected chi connectivity index (χ4v) is 1.98. The van der Waals surface area contributed by atoms with Crippen LogP contribution in [0.15, 0.2) is 42.6 Å². The lowest BCUT2D eigenvalue weighted by atomic mass is 10.1. The van der Waals surface area contributed by atoms with Gasteiger partial charge in [-0.25, -0.2) is 0 Å². The van der Waals surface area contributed by atoms with Crippen molar-refractivity contribution < 1.29 is 9.59 Å². The van der Waals surface area contributed by atoms with E-state index in [1.165, 1.54) is 0 Å². The maximum Gasteiger partial charge on any atom is 0.224 e. The minimum atomic E-state index is -0.192. The Bertz CT molecular complexity index is 654. The van der Waals surface area contributed by atoms with Crippen LogP contribution in [-0.2, 0) is 4.79 Å². The Hall–Kier alpha value is -2.20. The van der Waals surface area contributed by atoms with Crippen LogP contribution in [-0.4, -0.2) is 16.7 Å². The number of Topliss-reactive ketones (excluding diaryl/α,β-unsaturated/α-hetero) is 1. The van der Waals surface area contributed by atoms with E-state index in [-0.39, 0.29) is 24.5 Å². The number of hydrogen-bond acceptors (Lipinski definition) is 3. The second kappa shape index (κ2) is 6.99. The molecule has 0 aliphatic carbocycles. The van der Waals surface area contributed by atoms with Gasteiger partial charge >= 0.3 is 0 Å². The Morgan fingerprint density at radius 2 is 1.86 bits per heavy atom. The number of pyridine rings is 1. The summed E-state index contributed by atoms with van der Waals surface area (Å²) in [5, 5.41) is 3.33. The van der Waals surface area contributed by atoms with E-state index in [4.69, 9.17) is 11.6 Å². The summed E-state index contributed by atoms with van der Waals surface area (Å²) >= 11 is 5.77. The maximum absolute atomic E-state index is 11.9. The number of hydrogen-bond donors (Lipinski definition) is 1. The second-order valence-electron chi connectivity index (χ2n) is 4.66. The molecule has 0 fully saturated rings. The van der Waals surface area contributed by atoms with Gasteiger partial charge in [0.2, 0.25) is 5.91 Å². The predicted octanol–water partition coefficient (Wildman–Crippen LogP) is 3.65. The Morgan fingerprint density at radius 1 is 1.14 bits per heavy atom. The molecule has 0 aliphatic rings. The molecule has 0 radical (unpaired) electrons. The van der Waals surface area contributed by atoms with E-state index in [0.29, 0.717) is 16.3 Å². The molecular weight excluding hydrogens is 288 g/mol. The van der Waals surface area contributed by atoms with Crippen LogP contribution in [0.25, 0.3) is 0 Å². The lowest BCUT2D eigenvalue weighted by Crippen LogP contribution is -2.13. The van der Waals surface area contributed by atoms with Crippen molar-refractivity contribution >= 4 is 29.0 Å². The zero-order valence-electron chi connectivity index (χ0n) is 11.6. The summed E-state index contributed by atoms with van der Waals surface area (Å²) < 4.78 is 0. The first-order valence-electron chi connectivity index (χ1n) is 6.56. The van der Waals surface area contributed by atoms with Crippen molar-refractivity contribution in [3.05, 3.63) is 58.9 Å². The van der Waals surface area contributed by atoms with Gasteiger partial charge in [0.05, 0.1) is 0 Å². The Balaban J connectivity index is 1.86. The molecule has 108 valence electrons. The van der Waals surface area contributed by atoms with E-state index in [9.17, 15) is 9.59 Å². The molecule has 1 amide bonds. The molecular formula is C16H15ClN2O2.